The SMILES string of the molecule is CCOC(=O)COc1ccccc1C1c2sc(=O)[nH]c2SC2C(=O)N(c3ccc(Br)cc3)C(=O)C21. The fraction of sp³-hybridized carbons (Fsp3) is 0.250. The van der Waals surface area contributed by atoms with Crippen LogP contribution in [0.15, 0.2) is 62.8 Å². The Kier molecular flexibility index (Phi) is 6.56. The van der Waals surface area contributed by atoms with Gasteiger partial charge in [0.2, 0.25) is 11.8 Å². The topological polar surface area (TPSA) is 106 Å². The number of para-hydroxylation sites is 1. The van der Waals surface area contributed by atoms with Gasteiger partial charge < -0.3 is 14.5 Å². The number of hydrogen-bond acceptors (Lipinski definition) is 8. The van der Waals surface area contributed by atoms with Crippen LogP contribution in [-0.4, -0.2) is 41.2 Å². The van der Waals surface area contributed by atoms with Gasteiger partial charge in [0.15, 0.2) is 6.61 Å². The number of nitrogens with zero attached hydrogens (tertiary/aromatic N) is 1. The predicted molar refractivity (Wildman–Crippen MR) is 135 cm³/mol. The first-order valence-corrected chi connectivity index (χ1v) is 13.3. The Labute approximate surface area is 216 Å². The summed E-state index contributed by atoms with van der Waals surface area (Å²) in [7, 11) is 0. The van der Waals surface area contributed by atoms with E-state index in [1.165, 1.54) is 16.7 Å². The van der Waals surface area contributed by atoms with Crippen LogP contribution in [0.3, 0.4) is 0 Å². The molecule has 1 saturated heterocycles. The first-order chi connectivity index (χ1) is 16.9. The van der Waals surface area contributed by atoms with Crippen LogP contribution in [0.1, 0.15) is 23.3 Å². The second-order valence-corrected chi connectivity index (χ2v) is 11.0. The van der Waals surface area contributed by atoms with Gasteiger partial charge in [-0.3, -0.25) is 14.4 Å². The fourth-order valence-corrected chi connectivity index (χ4v) is 7.18. The third-order valence-corrected chi connectivity index (χ3v) is 8.74. The number of thioether (sulfide) groups is 1. The van der Waals surface area contributed by atoms with Crippen LogP contribution < -0.4 is 14.5 Å². The second kappa shape index (κ2) is 9.63. The molecule has 3 unspecified atom stereocenters. The fourth-order valence-electron chi connectivity index (χ4n) is 4.41. The van der Waals surface area contributed by atoms with Gasteiger partial charge in [0.05, 0.1) is 23.2 Å². The molecule has 1 N–H and O–H groups in total. The van der Waals surface area contributed by atoms with Crippen molar-refractivity contribution in [3.8, 4) is 5.75 Å². The number of esters is 1. The Bertz CT molecular complexity index is 1370. The van der Waals surface area contributed by atoms with Crippen LogP contribution in [0.25, 0.3) is 0 Å². The van der Waals surface area contributed by atoms with Gasteiger partial charge in [-0.05, 0) is 37.3 Å². The molecule has 8 nitrogen and oxygen atoms in total. The number of aromatic nitrogens is 1. The smallest absolute Gasteiger partial charge is 0.344 e. The van der Waals surface area contributed by atoms with Crippen LogP contribution in [0, 0.1) is 5.92 Å². The number of rotatable bonds is 6. The van der Waals surface area contributed by atoms with Gasteiger partial charge in [0, 0.05) is 20.8 Å². The van der Waals surface area contributed by atoms with E-state index < -0.39 is 23.1 Å². The summed E-state index contributed by atoms with van der Waals surface area (Å²) in [5, 5.41) is -0.141. The summed E-state index contributed by atoms with van der Waals surface area (Å²) in [6.45, 7) is 1.64. The number of nitrogens with one attached hydrogen (secondary N) is 1. The Balaban J connectivity index is 1.58. The molecule has 0 aliphatic carbocycles. The van der Waals surface area contributed by atoms with E-state index >= 15 is 0 Å². The third-order valence-electron chi connectivity index (χ3n) is 5.81. The molecule has 2 aliphatic heterocycles. The van der Waals surface area contributed by atoms with Crippen molar-refractivity contribution in [3.63, 3.8) is 0 Å². The number of thiazole rings is 1. The lowest BCUT2D eigenvalue weighted by Gasteiger charge is -2.30. The summed E-state index contributed by atoms with van der Waals surface area (Å²) in [4.78, 5) is 55.9. The van der Waals surface area contributed by atoms with Crippen LogP contribution in [0.2, 0.25) is 0 Å². The number of imide groups is 1. The molecular weight excluding hydrogens is 556 g/mol. The van der Waals surface area contributed by atoms with Crippen LogP contribution in [-0.2, 0) is 19.1 Å². The lowest BCUT2D eigenvalue weighted by Crippen LogP contribution is -2.32. The molecule has 2 aromatic carbocycles. The van der Waals surface area contributed by atoms with Crippen molar-refractivity contribution in [1.82, 2.24) is 4.98 Å². The zero-order chi connectivity index (χ0) is 24.7. The van der Waals surface area contributed by atoms with E-state index in [0.29, 0.717) is 26.9 Å². The molecule has 1 aromatic heterocycles. The zero-order valence-corrected chi connectivity index (χ0v) is 21.6. The number of benzene rings is 2. The van der Waals surface area contributed by atoms with E-state index in [0.717, 1.165) is 15.8 Å². The maximum Gasteiger partial charge on any atom is 0.344 e. The number of hydrogen-bond donors (Lipinski definition) is 1. The number of carbonyl (C=O) groups is 3. The number of H-pyrrole nitrogens is 1. The Morgan fingerprint density at radius 2 is 1.83 bits per heavy atom. The van der Waals surface area contributed by atoms with Gasteiger partial charge >= 0.3 is 10.8 Å². The highest BCUT2D eigenvalue weighted by Crippen LogP contribution is 2.54. The van der Waals surface area contributed by atoms with E-state index in [1.54, 1.807) is 55.5 Å². The van der Waals surface area contributed by atoms with E-state index in [-0.39, 0.29) is 29.9 Å². The number of aromatic amines is 1. The summed E-state index contributed by atoms with van der Waals surface area (Å²) < 4.78 is 11.6. The molecule has 3 aromatic rings. The number of anilines is 1. The standard InChI is InChI=1S/C24H19BrN2O6S2/c1-2-32-16(28)11-33-15-6-4-3-5-14(15)17-18-20(34-21-19(17)35-24(31)26-21)23(30)27(22(18)29)13-9-7-12(25)8-10-13/h3-10,17-18,20H,2,11H2,1H3,(H,26,31). The van der Waals surface area contributed by atoms with Gasteiger partial charge in [-0.2, -0.15) is 0 Å². The highest BCUT2D eigenvalue weighted by Gasteiger charge is 2.56. The number of carbonyl (C=O) groups excluding carboxylic acids is 3. The van der Waals surface area contributed by atoms with Gasteiger partial charge in [0.1, 0.15) is 11.0 Å². The van der Waals surface area contributed by atoms with Gasteiger partial charge in [-0.25, -0.2) is 9.69 Å². The van der Waals surface area contributed by atoms with Crippen LogP contribution in [0.4, 0.5) is 5.69 Å². The van der Waals surface area contributed by atoms with Gasteiger partial charge in [-0.15, -0.1) is 0 Å². The van der Waals surface area contributed by atoms with Crippen molar-refractivity contribution < 1.29 is 23.9 Å². The minimum absolute atomic E-state index is 0.233. The molecule has 0 saturated carbocycles. The van der Waals surface area contributed by atoms with E-state index in [9.17, 15) is 19.2 Å². The Morgan fingerprint density at radius 3 is 2.57 bits per heavy atom. The molecule has 2 aliphatic rings. The minimum Gasteiger partial charge on any atom is -0.482 e. The summed E-state index contributed by atoms with van der Waals surface area (Å²) in [6, 6.07) is 14.0. The molecular formula is C24H19BrN2O6S2. The van der Waals surface area contributed by atoms with Crippen molar-refractivity contribution in [2.75, 3.05) is 18.1 Å². The normalized spacial score (nSPS) is 21.0. The second-order valence-electron chi connectivity index (χ2n) is 7.87. The summed E-state index contributed by atoms with van der Waals surface area (Å²) in [5.74, 6) is -2.14. The van der Waals surface area contributed by atoms with Crippen molar-refractivity contribution in [3.05, 3.63) is 73.1 Å². The van der Waals surface area contributed by atoms with Crippen LogP contribution >= 0.6 is 39.0 Å². The molecule has 1 fully saturated rings. The first kappa shape index (κ1) is 23.8. The molecule has 0 bridgehead atoms. The van der Waals surface area contributed by atoms with Crippen molar-refractivity contribution in [2.45, 2.75) is 23.1 Å². The first-order valence-electron chi connectivity index (χ1n) is 10.8. The zero-order valence-electron chi connectivity index (χ0n) is 18.4. The third kappa shape index (κ3) is 4.32. The maximum absolute atomic E-state index is 13.8. The molecule has 3 atom stereocenters. The largest absolute Gasteiger partial charge is 0.482 e. The lowest BCUT2D eigenvalue weighted by atomic mass is 9.82. The monoisotopic (exact) mass is 574 g/mol. The summed E-state index contributed by atoms with van der Waals surface area (Å²) in [5.41, 5.74) is 1.11. The van der Waals surface area contributed by atoms with Crippen molar-refractivity contribution in [2.24, 2.45) is 5.92 Å². The quantitative estimate of drug-likeness (QED) is 0.351. The molecule has 2 amide bonds. The number of halogens is 1. The molecule has 180 valence electrons. The highest BCUT2D eigenvalue weighted by atomic mass is 79.9. The lowest BCUT2D eigenvalue weighted by molar-refractivity contribution is -0.145. The average molecular weight is 575 g/mol. The average Bonchev–Trinajstić information content (AvgIpc) is 3.33. The van der Waals surface area contributed by atoms with Crippen molar-refractivity contribution >= 4 is 62.5 Å². The highest BCUT2D eigenvalue weighted by molar-refractivity contribution is 9.10. The summed E-state index contributed by atoms with van der Waals surface area (Å²) >= 11 is 5.61. The molecule has 0 radical (unpaired) electrons. The van der Waals surface area contributed by atoms with E-state index in [2.05, 4.69) is 20.9 Å². The molecule has 3 heterocycles. The van der Waals surface area contributed by atoms with Crippen molar-refractivity contribution in [1.29, 1.82) is 0 Å². The van der Waals surface area contributed by atoms with E-state index in [4.69, 9.17) is 9.47 Å². The van der Waals surface area contributed by atoms with Gasteiger partial charge in [0.25, 0.3) is 0 Å². The predicted octanol–water partition coefficient (Wildman–Crippen LogP) is 3.94. The molecule has 0 spiro atoms. The number of ether oxygens (including phenoxy) is 2. The summed E-state index contributed by atoms with van der Waals surface area (Å²) in [6.07, 6.45) is 0. The minimum atomic E-state index is -0.748. The number of amides is 2. The Hall–Kier alpha value is -2.89. The van der Waals surface area contributed by atoms with E-state index in [1.807, 2.05) is 0 Å². The Morgan fingerprint density at radius 1 is 1.09 bits per heavy atom. The number of fused-ring (bicyclic) bond motifs is 2. The molecule has 35 heavy (non-hydrogen) atoms. The molecule has 5 rings (SSSR count). The molecule has 11 heteroatoms. The van der Waals surface area contributed by atoms with Gasteiger partial charge in [-0.1, -0.05) is 57.2 Å². The maximum atomic E-state index is 13.8. The van der Waals surface area contributed by atoms with Crippen LogP contribution in [0.5, 0.6) is 5.75 Å².